The fraction of sp³-hybridized carbons (Fsp3) is 0.562. The van der Waals surface area contributed by atoms with Crippen LogP contribution in [-0.2, 0) is 6.54 Å². The van der Waals surface area contributed by atoms with E-state index in [4.69, 9.17) is 5.11 Å². The zero-order chi connectivity index (χ0) is 14.8. The molecule has 0 amide bonds. The Bertz CT molecular complexity index is 489. The molecule has 0 unspecified atom stereocenters. The lowest BCUT2D eigenvalue weighted by Gasteiger charge is -2.34. The summed E-state index contributed by atoms with van der Waals surface area (Å²) in [5.74, 6) is -1.89. The van der Waals surface area contributed by atoms with Crippen molar-refractivity contribution in [3.63, 3.8) is 0 Å². The Morgan fingerprint density at radius 3 is 2.60 bits per heavy atom. The Labute approximate surface area is 119 Å². The molecule has 0 radical (unpaired) electrons. The Morgan fingerprint density at radius 1 is 1.40 bits per heavy atom. The molecule has 0 aromatic heterocycles. The quantitative estimate of drug-likeness (QED) is 0.885. The standard InChI is InChI=1S/C16H22FNO2/c1-16(2)7-5-12(6-8-16)18-10-11-3-4-13(15(19)20)14(17)9-11/h3-4,9,12,18H,5-8,10H2,1-2H3,(H,19,20). The Kier molecular flexibility index (Phi) is 4.43. The van der Waals surface area contributed by atoms with E-state index in [-0.39, 0.29) is 5.56 Å². The first-order valence-corrected chi connectivity index (χ1v) is 7.12. The van der Waals surface area contributed by atoms with E-state index in [1.807, 2.05) is 0 Å². The molecule has 20 heavy (non-hydrogen) atoms. The van der Waals surface area contributed by atoms with Crippen molar-refractivity contribution in [3.8, 4) is 0 Å². The fourth-order valence-corrected chi connectivity index (χ4v) is 2.71. The van der Waals surface area contributed by atoms with Gasteiger partial charge in [0.15, 0.2) is 0 Å². The van der Waals surface area contributed by atoms with Crippen molar-refractivity contribution >= 4 is 5.97 Å². The number of hydrogen-bond acceptors (Lipinski definition) is 2. The van der Waals surface area contributed by atoms with Gasteiger partial charge in [0.2, 0.25) is 0 Å². The molecule has 1 aromatic rings. The third kappa shape index (κ3) is 3.79. The van der Waals surface area contributed by atoms with E-state index in [0.29, 0.717) is 18.0 Å². The molecule has 4 heteroatoms. The van der Waals surface area contributed by atoms with Crippen LogP contribution in [0.15, 0.2) is 18.2 Å². The second kappa shape index (κ2) is 5.92. The van der Waals surface area contributed by atoms with Gasteiger partial charge in [-0.2, -0.15) is 0 Å². The van der Waals surface area contributed by atoms with Gasteiger partial charge in [0.1, 0.15) is 5.82 Å². The van der Waals surface area contributed by atoms with Crippen LogP contribution in [0.25, 0.3) is 0 Å². The number of carbonyl (C=O) groups is 1. The van der Waals surface area contributed by atoms with Crippen molar-refractivity contribution < 1.29 is 14.3 Å². The highest BCUT2D eigenvalue weighted by Gasteiger charge is 2.26. The first kappa shape index (κ1) is 15.0. The van der Waals surface area contributed by atoms with Crippen LogP contribution in [0, 0.1) is 11.2 Å². The predicted molar refractivity (Wildman–Crippen MR) is 76.2 cm³/mol. The normalized spacial score (nSPS) is 18.9. The highest BCUT2D eigenvalue weighted by Crippen LogP contribution is 2.35. The molecule has 1 aliphatic rings. The van der Waals surface area contributed by atoms with E-state index in [2.05, 4.69) is 19.2 Å². The van der Waals surface area contributed by atoms with E-state index in [1.54, 1.807) is 6.07 Å². The topological polar surface area (TPSA) is 49.3 Å². The van der Waals surface area contributed by atoms with Crippen molar-refractivity contribution in [2.24, 2.45) is 5.41 Å². The Morgan fingerprint density at radius 2 is 2.05 bits per heavy atom. The van der Waals surface area contributed by atoms with Crippen LogP contribution in [0.2, 0.25) is 0 Å². The number of carboxylic acid groups (broad SMARTS) is 1. The molecule has 2 rings (SSSR count). The van der Waals surface area contributed by atoms with Gasteiger partial charge >= 0.3 is 5.97 Å². The van der Waals surface area contributed by atoms with Crippen molar-refractivity contribution in [2.45, 2.75) is 52.1 Å². The van der Waals surface area contributed by atoms with Crippen molar-refractivity contribution in [1.82, 2.24) is 5.32 Å². The lowest BCUT2D eigenvalue weighted by Crippen LogP contribution is -2.35. The SMILES string of the molecule is CC1(C)CCC(NCc2ccc(C(=O)O)c(F)c2)CC1. The van der Waals surface area contributed by atoms with Crippen LogP contribution >= 0.6 is 0 Å². The molecule has 0 aliphatic heterocycles. The van der Waals surface area contributed by atoms with E-state index in [1.165, 1.54) is 25.0 Å². The highest BCUT2D eigenvalue weighted by atomic mass is 19.1. The van der Waals surface area contributed by atoms with Crippen molar-refractivity contribution in [1.29, 1.82) is 0 Å². The molecule has 3 nitrogen and oxygen atoms in total. The Balaban J connectivity index is 1.89. The first-order chi connectivity index (χ1) is 9.37. The van der Waals surface area contributed by atoms with Gasteiger partial charge in [0.05, 0.1) is 5.56 Å². The molecule has 1 saturated carbocycles. The summed E-state index contributed by atoms with van der Waals surface area (Å²) in [6, 6.07) is 4.79. The van der Waals surface area contributed by atoms with Gasteiger partial charge in [-0.1, -0.05) is 19.9 Å². The number of rotatable bonds is 4. The Hall–Kier alpha value is -1.42. The molecular formula is C16H22FNO2. The molecule has 0 atom stereocenters. The number of nitrogens with one attached hydrogen (secondary N) is 1. The number of aromatic carboxylic acids is 1. The molecule has 1 aromatic carbocycles. The second-order valence-electron chi connectivity index (χ2n) is 6.44. The van der Waals surface area contributed by atoms with Gasteiger partial charge < -0.3 is 10.4 Å². The summed E-state index contributed by atoms with van der Waals surface area (Å²) in [5.41, 5.74) is 0.957. The first-order valence-electron chi connectivity index (χ1n) is 7.12. The van der Waals surface area contributed by atoms with Crippen LogP contribution in [0.3, 0.4) is 0 Å². The maximum Gasteiger partial charge on any atom is 0.338 e. The van der Waals surface area contributed by atoms with Crippen LogP contribution in [0.4, 0.5) is 4.39 Å². The van der Waals surface area contributed by atoms with Gasteiger partial charge in [-0.3, -0.25) is 0 Å². The molecule has 0 bridgehead atoms. The van der Waals surface area contributed by atoms with Crippen LogP contribution in [-0.4, -0.2) is 17.1 Å². The molecular weight excluding hydrogens is 257 g/mol. The van der Waals surface area contributed by atoms with Crippen molar-refractivity contribution in [2.75, 3.05) is 0 Å². The van der Waals surface area contributed by atoms with E-state index in [9.17, 15) is 9.18 Å². The number of hydrogen-bond donors (Lipinski definition) is 2. The summed E-state index contributed by atoms with van der Waals surface area (Å²) in [4.78, 5) is 10.7. The lowest BCUT2D eigenvalue weighted by atomic mass is 9.75. The average Bonchev–Trinajstić information content (AvgIpc) is 2.37. The molecule has 2 N–H and O–H groups in total. The smallest absolute Gasteiger partial charge is 0.338 e. The van der Waals surface area contributed by atoms with Gasteiger partial charge in [-0.15, -0.1) is 0 Å². The third-order valence-corrected chi connectivity index (χ3v) is 4.20. The molecule has 1 aliphatic carbocycles. The van der Waals surface area contributed by atoms with Crippen LogP contribution in [0.5, 0.6) is 0 Å². The molecule has 0 spiro atoms. The zero-order valence-electron chi connectivity index (χ0n) is 12.1. The minimum Gasteiger partial charge on any atom is -0.478 e. The van der Waals surface area contributed by atoms with Gasteiger partial charge in [0, 0.05) is 12.6 Å². The van der Waals surface area contributed by atoms with E-state index < -0.39 is 11.8 Å². The van der Waals surface area contributed by atoms with Crippen LogP contribution in [0.1, 0.15) is 55.5 Å². The average molecular weight is 279 g/mol. The molecule has 1 fully saturated rings. The second-order valence-corrected chi connectivity index (χ2v) is 6.44. The number of carboxylic acids is 1. The summed E-state index contributed by atoms with van der Waals surface area (Å²) in [5, 5.41) is 12.2. The summed E-state index contributed by atoms with van der Waals surface area (Å²) < 4.78 is 13.6. The minimum absolute atomic E-state index is 0.270. The fourth-order valence-electron chi connectivity index (χ4n) is 2.71. The maximum absolute atomic E-state index is 13.6. The number of halogens is 1. The summed E-state index contributed by atoms with van der Waals surface area (Å²) in [6.45, 7) is 5.17. The summed E-state index contributed by atoms with van der Waals surface area (Å²) in [6.07, 6.45) is 4.69. The summed E-state index contributed by atoms with van der Waals surface area (Å²) >= 11 is 0. The summed E-state index contributed by atoms with van der Waals surface area (Å²) in [7, 11) is 0. The van der Waals surface area contributed by atoms with Crippen LogP contribution < -0.4 is 5.32 Å². The largest absolute Gasteiger partial charge is 0.478 e. The third-order valence-electron chi connectivity index (χ3n) is 4.20. The van der Waals surface area contributed by atoms with Gasteiger partial charge in [-0.25, -0.2) is 9.18 Å². The molecule has 0 saturated heterocycles. The van der Waals surface area contributed by atoms with E-state index >= 15 is 0 Å². The van der Waals surface area contributed by atoms with E-state index in [0.717, 1.165) is 18.4 Å². The predicted octanol–water partition coefficient (Wildman–Crippen LogP) is 3.58. The maximum atomic E-state index is 13.6. The number of benzene rings is 1. The minimum atomic E-state index is -1.23. The highest BCUT2D eigenvalue weighted by molar-refractivity contribution is 5.87. The monoisotopic (exact) mass is 279 g/mol. The van der Waals surface area contributed by atoms with Gasteiger partial charge in [-0.05, 0) is 48.8 Å². The zero-order valence-corrected chi connectivity index (χ0v) is 12.1. The van der Waals surface area contributed by atoms with Crippen molar-refractivity contribution in [3.05, 3.63) is 35.1 Å². The molecule has 110 valence electrons. The van der Waals surface area contributed by atoms with Gasteiger partial charge in [0.25, 0.3) is 0 Å². The molecule has 0 heterocycles. The lowest BCUT2D eigenvalue weighted by molar-refractivity contribution is 0.0692.